The van der Waals surface area contributed by atoms with Crippen molar-refractivity contribution in [1.29, 1.82) is 5.26 Å². The summed E-state index contributed by atoms with van der Waals surface area (Å²) in [5.41, 5.74) is 15.3. The predicted octanol–water partition coefficient (Wildman–Crippen LogP) is 10.8. The molecule has 3 nitrogen and oxygen atoms in total. The van der Waals surface area contributed by atoms with E-state index in [2.05, 4.69) is 163 Å². The van der Waals surface area contributed by atoms with Crippen LogP contribution in [0.1, 0.15) is 58.8 Å². The molecule has 4 unspecified atom stereocenters. The molecule has 5 aromatic rings. The van der Waals surface area contributed by atoms with Crippen LogP contribution in [0.3, 0.4) is 0 Å². The van der Waals surface area contributed by atoms with E-state index in [0.717, 1.165) is 18.4 Å². The normalized spacial score (nSPS) is 22.4. The zero-order valence-corrected chi connectivity index (χ0v) is 27.3. The van der Waals surface area contributed by atoms with Crippen molar-refractivity contribution in [1.82, 2.24) is 4.57 Å². The van der Waals surface area contributed by atoms with Crippen molar-refractivity contribution in [2.24, 2.45) is 5.92 Å². The Labute approximate surface area is 282 Å². The zero-order valence-electron chi connectivity index (χ0n) is 27.3. The smallest absolute Gasteiger partial charge is 0.0988 e. The van der Waals surface area contributed by atoms with Crippen molar-refractivity contribution in [3.05, 3.63) is 179 Å². The van der Waals surface area contributed by atoms with Crippen LogP contribution in [0, 0.1) is 24.2 Å². The average molecular weight is 620 g/mol. The Morgan fingerprint density at radius 3 is 2.48 bits per heavy atom. The van der Waals surface area contributed by atoms with Gasteiger partial charge in [0.05, 0.1) is 18.2 Å². The van der Waals surface area contributed by atoms with Gasteiger partial charge < -0.3 is 9.47 Å². The Balaban J connectivity index is 1.21. The van der Waals surface area contributed by atoms with Crippen molar-refractivity contribution >= 4 is 33.4 Å². The van der Waals surface area contributed by atoms with Crippen molar-refractivity contribution < 1.29 is 0 Å². The molecule has 3 heteroatoms. The number of fused-ring (bicyclic) bond motifs is 6. The van der Waals surface area contributed by atoms with E-state index in [4.69, 9.17) is 0 Å². The number of benzene rings is 4. The van der Waals surface area contributed by atoms with Crippen molar-refractivity contribution in [2.45, 2.75) is 44.7 Å². The van der Waals surface area contributed by atoms with Gasteiger partial charge in [-0.3, -0.25) is 0 Å². The molecule has 2 heterocycles. The minimum atomic E-state index is 0.151. The monoisotopic (exact) mass is 619 g/mol. The van der Waals surface area contributed by atoms with E-state index < -0.39 is 0 Å². The van der Waals surface area contributed by atoms with Crippen LogP contribution in [0.25, 0.3) is 22.0 Å². The Kier molecular flexibility index (Phi) is 6.73. The lowest BCUT2D eigenvalue weighted by atomic mass is 9.77. The van der Waals surface area contributed by atoms with Gasteiger partial charge in [0.2, 0.25) is 0 Å². The fourth-order valence-electron chi connectivity index (χ4n) is 8.78. The van der Waals surface area contributed by atoms with E-state index in [1.54, 1.807) is 0 Å². The molecular formula is C45H37N3. The zero-order chi connectivity index (χ0) is 32.4. The molecule has 0 spiro atoms. The van der Waals surface area contributed by atoms with Crippen LogP contribution in [-0.4, -0.2) is 10.6 Å². The SMILES string of the molecule is Cc1ccc2c(c1)c1c(n2C2C=CC(C#N)=CC2C)CCC=C1c1ccccc1C1C=CC=C2c3ccccc3N(c3ccccc3)C21. The molecule has 4 atom stereocenters. The number of nitriles is 1. The predicted molar refractivity (Wildman–Crippen MR) is 198 cm³/mol. The molecule has 4 aliphatic rings. The molecule has 0 fully saturated rings. The van der Waals surface area contributed by atoms with Crippen LogP contribution in [-0.2, 0) is 6.42 Å². The first-order valence-electron chi connectivity index (χ1n) is 17.2. The fraction of sp³-hybridized carbons (Fsp3) is 0.178. The number of anilines is 2. The van der Waals surface area contributed by atoms with Gasteiger partial charge in [0, 0.05) is 50.6 Å². The van der Waals surface area contributed by atoms with E-state index >= 15 is 0 Å². The number of hydrogen-bond donors (Lipinski definition) is 0. The summed E-state index contributed by atoms with van der Waals surface area (Å²) in [5.74, 6) is 0.379. The molecule has 0 bridgehead atoms. The van der Waals surface area contributed by atoms with Crippen LogP contribution < -0.4 is 4.90 Å². The van der Waals surface area contributed by atoms with Gasteiger partial charge in [0.15, 0.2) is 0 Å². The Bertz CT molecular complexity index is 2300. The molecule has 48 heavy (non-hydrogen) atoms. The summed E-state index contributed by atoms with van der Waals surface area (Å²) in [6.07, 6.45) is 17.9. The van der Waals surface area contributed by atoms with Gasteiger partial charge in [-0.1, -0.05) is 116 Å². The average Bonchev–Trinajstić information content (AvgIpc) is 3.65. The maximum Gasteiger partial charge on any atom is 0.0988 e. The second-order valence-corrected chi connectivity index (χ2v) is 13.6. The third-order valence-electron chi connectivity index (χ3n) is 10.8. The topological polar surface area (TPSA) is 32.0 Å². The lowest BCUT2D eigenvalue weighted by Crippen LogP contribution is -2.33. The largest absolute Gasteiger partial charge is 0.336 e. The molecule has 0 N–H and O–H groups in total. The summed E-state index contributed by atoms with van der Waals surface area (Å²) in [7, 11) is 0. The van der Waals surface area contributed by atoms with E-state index in [-0.39, 0.29) is 23.9 Å². The lowest BCUT2D eigenvalue weighted by molar-refractivity contribution is 0.482. The van der Waals surface area contributed by atoms with Gasteiger partial charge in [-0.15, -0.1) is 0 Å². The molecule has 9 rings (SSSR count). The second-order valence-electron chi connectivity index (χ2n) is 13.6. The van der Waals surface area contributed by atoms with Crippen molar-refractivity contribution in [2.75, 3.05) is 4.90 Å². The summed E-state index contributed by atoms with van der Waals surface area (Å²) in [4.78, 5) is 2.56. The van der Waals surface area contributed by atoms with Gasteiger partial charge in [-0.25, -0.2) is 0 Å². The summed E-state index contributed by atoms with van der Waals surface area (Å²) in [6, 6.07) is 38.5. The highest BCUT2D eigenvalue weighted by atomic mass is 15.2. The van der Waals surface area contributed by atoms with Crippen LogP contribution in [0.2, 0.25) is 0 Å². The third kappa shape index (κ3) is 4.33. The van der Waals surface area contributed by atoms with Crippen molar-refractivity contribution in [3.63, 3.8) is 0 Å². The lowest BCUT2D eigenvalue weighted by Gasteiger charge is -2.36. The van der Waals surface area contributed by atoms with Gasteiger partial charge in [0.1, 0.15) is 0 Å². The minimum absolute atomic E-state index is 0.151. The molecule has 4 aromatic carbocycles. The van der Waals surface area contributed by atoms with E-state index in [0.29, 0.717) is 0 Å². The molecule has 1 aliphatic heterocycles. The van der Waals surface area contributed by atoms with Crippen LogP contribution in [0.5, 0.6) is 0 Å². The molecule has 0 amide bonds. The molecule has 232 valence electrons. The highest BCUT2D eigenvalue weighted by Gasteiger charge is 2.41. The van der Waals surface area contributed by atoms with E-state index in [1.807, 2.05) is 6.08 Å². The van der Waals surface area contributed by atoms with Crippen LogP contribution in [0.15, 0.2) is 145 Å². The number of aryl methyl sites for hydroxylation is 1. The fourth-order valence-corrected chi connectivity index (χ4v) is 8.78. The molecular weight excluding hydrogens is 583 g/mol. The Hall–Kier alpha value is -5.59. The quantitative estimate of drug-likeness (QED) is 0.200. The maximum absolute atomic E-state index is 9.61. The van der Waals surface area contributed by atoms with Gasteiger partial charge >= 0.3 is 0 Å². The van der Waals surface area contributed by atoms with Gasteiger partial charge in [-0.05, 0) is 84.4 Å². The third-order valence-corrected chi connectivity index (χ3v) is 10.8. The Morgan fingerprint density at radius 1 is 0.854 bits per heavy atom. The minimum Gasteiger partial charge on any atom is -0.336 e. The Morgan fingerprint density at radius 2 is 1.65 bits per heavy atom. The number of nitrogens with zero attached hydrogens (tertiary/aromatic N) is 3. The first-order chi connectivity index (χ1) is 23.6. The summed E-state index contributed by atoms with van der Waals surface area (Å²) >= 11 is 0. The number of allylic oxidation sites excluding steroid dienone is 7. The number of aromatic nitrogens is 1. The van der Waals surface area contributed by atoms with Gasteiger partial charge in [0.25, 0.3) is 0 Å². The summed E-state index contributed by atoms with van der Waals surface area (Å²) in [5, 5.41) is 10.9. The number of para-hydroxylation sites is 2. The summed E-state index contributed by atoms with van der Waals surface area (Å²) < 4.78 is 2.58. The molecule has 0 saturated heterocycles. The standard InChI is InChI=1S/C45H37N3/c1-29-22-24-42-39(26-29)44-36(17-11-21-43(44)48(42)40-25-23-31(28-46)27-30(40)2)33-14-6-7-15-34(33)37-18-10-19-38-35-16-8-9-20-41(35)47(45(37)38)32-12-4-3-5-13-32/h3-10,12-20,22-27,30,37,40,45H,11,21H2,1-2H3. The van der Waals surface area contributed by atoms with Crippen molar-refractivity contribution in [3.8, 4) is 6.07 Å². The second kappa shape index (κ2) is 11.3. The van der Waals surface area contributed by atoms with E-state index in [1.165, 1.54) is 66.9 Å². The van der Waals surface area contributed by atoms with Crippen LogP contribution in [0.4, 0.5) is 11.4 Å². The van der Waals surface area contributed by atoms with Crippen LogP contribution >= 0.6 is 0 Å². The summed E-state index contributed by atoms with van der Waals surface area (Å²) in [6.45, 7) is 4.44. The highest BCUT2D eigenvalue weighted by molar-refractivity contribution is 6.01. The molecule has 0 saturated carbocycles. The van der Waals surface area contributed by atoms with E-state index in [9.17, 15) is 5.26 Å². The number of hydrogen-bond acceptors (Lipinski definition) is 2. The maximum atomic E-state index is 9.61. The molecule has 1 aromatic heterocycles. The number of rotatable bonds is 4. The van der Waals surface area contributed by atoms with Gasteiger partial charge in [-0.2, -0.15) is 5.26 Å². The highest BCUT2D eigenvalue weighted by Crippen LogP contribution is 2.53. The first-order valence-corrected chi connectivity index (χ1v) is 17.2. The molecule has 0 radical (unpaired) electrons. The molecule has 3 aliphatic carbocycles. The first kappa shape index (κ1) is 28.6.